The standard InChI is InChI=1S/C22H35N3O3/c1-4-23-22(25-16-18(2)20(17-25)21(26)27-3)24-13-8-9-14-28-15-12-19-10-6-5-7-11-19/h5-7,10-11,18,20H,4,8-9,12-17H2,1-3H3,(H,23,24). The summed E-state index contributed by atoms with van der Waals surface area (Å²) in [7, 11) is 1.46. The zero-order chi connectivity index (χ0) is 20.2. The maximum Gasteiger partial charge on any atom is 0.310 e. The number of hydrogen-bond acceptors (Lipinski definition) is 4. The maximum absolute atomic E-state index is 11.9. The van der Waals surface area contributed by atoms with Gasteiger partial charge in [0.1, 0.15) is 0 Å². The summed E-state index contributed by atoms with van der Waals surface area (Å²) >= 11 is 0. The number of rotatable bonds is 10. The van der Waals surface area contributed by atoms with Crippen LogP contribution in [0.15, 0.2) is 35.3 Å². The first kappa shape index (κ1) is 22.2. The minimum Gasteiger partial charge on any atom is -0.469 e. The molecule has 0 bridgehead atoms. The number of guanidine groups is 1. The van der Waals surface area contributed by atoms with Gasteiger partial charge in [0.25, 0.3) is 0 Å². The Kier molecular flexibility index (Phi) is 9.83. The molecule has 0 spiro atoms. The lowest BCUT2D eigenvalue weighted by atomic mass is 9.99. The van der Waals surface area contributed by atoms with E-state index >= 15 is 0 Å². The Labute approximate surface area is 169 Å². The fraction of sp³-hybridized carbons (Fsp3) is 0.636. The van der Waals surface area contributed by atoms with Crippen molar-refractivity contribution < 1.29 is 14.3 Å². The van der Waals surface area contributed by atoms with Gasteiger partial charge < -0.3 is 19.7 Å². The second kappa shape index (κ2) is 12.4. The molecule has 1 heterocycles. The third-order valence-electron chi connectivity index (χ3n) is 5.09. The number of aliphatic imine (C=N–C) groups is 1. The molecule has 1 aromatic carbocycles. The molecule has 0 aliphatic carbocycles. The number of hydrogen-bond donors (Lipinski definition) is 1. The summed E-state index contributed by atoms with van der Waals surface area (Å²) in [5, 5.41) is 3.34. The molecule has 0 amide bonds. The lowest BCUT2D eigenvalue weighted by molar-refractivity contribution is -0.145. The zero-order valence-electron chi connectivity index (χ0n) is 17.5. The van der Waals surface area contributed by atoms with Crippen molar-refractivity contribution in [2.24, 2.45) is 16.8 Å². The van der Waals surface area contributed by atoms with E-state index in [-0.39, 0.29) is 17.8 Å². The molecule has 6 heteroatoms. The van der Waals surface area contributed by atoms with Crippen molar-refractivity contribution in [3.63, 3.8) is 0 Å². The fourth-order valence-corrected chi connectivity index (χ4v) is 3.46. The van der Waals surface area contributed by atoms with Gasteiger partial charge in [-0.2, -0.15) is 0 Å². The molecule has 2 unspecified atom stereocenters. The molecule has 156 valence electrons. The van der Waals surface area contributed by atoms with Gasteiger partial charge in [0.2, 0.25) is 0 Å². The van der Waals surface area contributed by atoms with Gasteiger partial charge in [-0.3, -0.25) is 9.79 Å². The monoisotopic (exact) mass is 389 g/mol. The molecule has 2 atom stereocenters. The topological polar surface area (TPSA) is 63.2 Å². The van der Waals surface area contributed by atoms with Crippen LogP contribution in [-0.2, 0) is 20.7 Å². The number of nitrogens with one attached hydrogen (secondary N) is 1. The zero-order valence-corrected chi connectivity index (χ0v) is 17.5. The second-order valence-electron chi connectivity index (χ2n) is 7.30. The lowest BCUT2D eigenvalue weighted by Crippen LogP contribution is -2.40. The number of methoxy groups -OCH3 is 1. The summed E-state index contributed by atoms with van der Waals surface area (Å²) in [6.45, 7) is 8.76. The van der Waals surface area contributed by atoms with Gasteiger partial charge in [-0.1, -0.05) is 37.3 Å². The molecule has 0 saturated carbocycles. The van der Waals surface area contributed by atoms with Crippen LogP contribution < -0.4 is 5.32 Å². The van der Waals surface area contributed by atoms with Crippen molar-refractivity contribution in [1.29, 1.82) is 0 Å². The van der Waals surface area contributed by atoms with Crippen LogP contribution in [0.2, 0.25) is 0 Å². The number of ether oxygens (including phenoxy) is 2. The number of nitrogens with zero attached hydrogens (tertiary/aromatic N) is 2. The van der Waals surface area contributed by atoms with Crippen LogP contribution in [0.3, 0.4) is 0 Å². The summed E-state index contributed by atoms with van der Waals surface area (Å²) in [5.41, 5.74) is 1.31. The second-order valence-corrected chi connectivity index (χ2v) is 7.30. The predicted octanol–water partition coefficient (Wildman–Crippen LogP) is 2.73. The number of carbonyl (C=O) groups is 1. The molecule has 1 N–H and O–H groups in total. The van der Waals surface area contributed by atoms with Crippen molar-refractivity contribution in [3.8, 4) is 0 Å². The normalized spacial score (nSPS) is 19.7. The van der Waals surface area contributed by atoms with E-state index in [1.807, 2.05) is 6.07 Å². The van der Waals surface area contributed by atoms with Gasteiger partial charge in [-0.05, 0) is 37.7 Å². The van der Waals surface area contributed by atoms with Crippen molar-refractivity contribution in [1.82, 2.24) is 10.2 Å². The molecule has 28 heavy (non-hydrogen) atoms. The van der Waals surface area contributed by atoms with E-state index in [9.17, 15) is 4.79 Å². The van der Waals surface area contributed by atoms with Gasteiger partial charge in [0.15, 0.2) is 5.96 Å². The molecule has 2 rings (SSSR count). The molecule has 1 aromatic rings. The van der Waals surface area contributed by atoms with Crippen molar-refractivity contribution in [3.05, 3.63) is 35.9 Å². The lowest BCUT2D eigenvalue weighted by Gasteiger charge is -2.21. The van der Waals surface area contributed by atoms with Crippen LogP contribution in [0, 0.1) is 11.8 Å². The largest absolute Gasteiger partial charge is 0.469 e. The summed E-state index contributed by atoms with van der Waals surface area (Å²) in [6, 6.07) is 10.4. The van der Waals surface area contributed by atoms with Crippen molar-refractivity contribution in [2.75, 3.05) is 46.5 Å². The summed E-state index contributed by atoms with van der Waals surface area (Å²) in [5.74, 6) is 0.963. The molecule has 1 fully saturated rings. The Balaban J connectivity index is 1.66. The first-order chi connectivity index (χ1) is 13.7. The van der Waals surface area contributed by atoms with E-state index in [1.54, 1.807) is 0 Å². The molecule has 1 saturated heterocycles. The SMILES string of the molecule is CCNC(=NCCCCOCCc1ccccc1)N1CC(C)C(C(=O)OC)C1. The average molecular weight is 390 g/mol. The van der Waals surface area contributed by atoms with E-state index < -0.39 is 0 Å². The number of unbranched alkanes of at least 4 members (excludes halogenated alkanes) is 1. The highest BCUT2D eigenvalue weighted by atomic mass is 16.5. The maximum atomic E-state index is 11.9. The quantitative estimate of drug-likeness (QED) is 0.289. The predicted molar refractivity (Wildman–Crippen MR) is 112 cm³/mol. The van der Waals surface area contributed by atoms with Crippen LogP contribution in [0.4, 0.5) is 0 Å². The molecule has 0 radical (unpaired) electrons. The van der Waals surface area contributed by atoms with Crippen LogP contribution in [0.1, 0.15) is 32.3 Å². The average Bonchev–Trinajstić information content (AvgIpc) is 3.10. The van der Waals surface area contributed by atoms with Gasteiger partial charge in [0.05, 0.1) is 19.6 Å². The molecule has 1 aliphatic rings. The molecule has 6 nitrogen and oxygen atoms in total. The highest BCUT2D eigenvalue weighted by molar-refractivity contribution is 5.82. The first-order valence-corrected chi connectivity index (χ1v) is 10.4. The van der Waals surface area contributed by atoms with Crippen LogP contribution >= 0.6 is 0 Å². The van der Waals surface area contributed by atoms with E-state index in [4.69, 9.17) is 14.5 Å². The minimum absolute atomic E-state index is 0.0770. The molecule has 0 aromatic heterocycles. The van der Waals surface area contributed by atoms with Crippen molar-refractivity contribution >= 4 is 11.9 Å². The summed E-state index contributed by atoms with van der Waals surface area (Å²) in [6.07, 6.45) is 2.95. The van der Waals surface area contributed by atoms with E-state index in [1.165, 1.54) is 12.7 Å². The van der Waals surface area contributed by atoms with E-state index in [0.29, 0.717) is 6.54 Å². The minimum atomic E-state index is -0.126. The van der Waals surface area contributed by atoms with Gasteiger partial charge in [-0.25, -0.2) is 0 Å². The Morgan fingerprint density at radius 3 is 2.71 bits per heavy atom. The van der Waals surface area contributed by atoms with Gasteiger partial charge in [0, 0.05) is 32.8 Å². The van der Waals surface area contributed by atoms with E-state index in [2.05, 4.69) is 48.3 Å². The van der Waals surface area contributed by atoms with Crippen LogP contribution in [-0.4, -0.2) is 63.3 Å². The van der Waals surface area contributed by atoms with Crippen LogP contribution in [0.5, 0.6) is 0 Å². The molecular weight excluding hydrogens is 354 g/mol. The van der Waals surface area contributed by atoms with Gasteiger partial charge >= 0.3 is 5.97 Å². The summed E-state index contributed by atoms with van der Waals surface area (Å²) < 4.78 is 10.7. The summed E-state index contributed by atoms with van der Waals surface area (Å²) in [4.78, 5) is 18.8. The third-order valence-corrected chi connectivity index (χ3v) is 5.09. The van der Waals surface area contributed by atoms with Gasteiger partial charge in [-0.15, -0.1) is 0 Å². The molecule has 1 aliphatic heterocycles. The number of carbonyl (C=O) groups excluding carboxylic acids is 1. The Bertz CT molecular complexity index is 606. The Morgan fingerprint density at radius 2 is 2.00 bits per heavy atom. The highest BCUT2D eigenvalue weighted by Crippen LogP contribution is 2.24. The fourth-order valence-electron chi connectivity index (χ4n) is 3.46. The highest BCUT2D eigenvalue weighted by Gasteiger charge is 2.36. The Hall–Kier alpha value is -2.08. The molecular formula is C22H35N3O3. The first-order valence-electron chi connectivity index (χ1n) is 10.4. The Morgan fingerprint density at radius 1 is 1.21 bits per heavy atom. The van der Waals surface area contributed by atoms with Crippen LogP contribution in [0.25, 0.3) is 0 Å². The van der Waals surface area contributed by atoms with E-state index in [0.717, 1.165) is 58.1 Å². The number of benzene rings is 1. The number of esters is 1. The third kappa shape index (κ3) is 7.15. The van der Waals surface area contributed by atoms with Crippen molar-refractivity contribution in [2.45, 2.75) is 33.1 Å². The number of likely N-dealkylation sites (tertiary alicyclic amines) is 1. The smallest absolute Gasteiger partial charge is 0.310 e.